The van der Waals surface area contributed by atoms with Gasteiger partial charge in [0, 0.05) is 17.3 Å². The SMILES string of the molecule is O=C(CCCCl)NCCOc1ccc(Cl)cc1Cl. The van der Waals surface area contributed by atoms with Crippen molar-refractivity contribution < 1.29 is 9.53 Å². The predicted molar refractivity (Wildman–Crippen MR) is 74.9 cm³/mol. The lowest BCUT2D eigenvalue weighted by molar-refractivity contribution is -0.121. The zero-order valence-corrected chi connectivity index (χ0v) is 12.0. The summed E-state index contributed by atoms with van der Waals surface area (Å²) in [6.07, 6.45) is 1.11. The number of benzene rings is 1. The first-order chi connectivity index (χ1) is 8.63. The summed E-state index contributed by atoms with van der Waals surface area (Å²) in [4.78, 5) is 11.3. The van der Waals surface area contributed by atoms with Crippen molar-refractivity contribution in [1.82, 2.24) is 5.32 Å². The van der Waals surface area contributed by atoms with E-state index in [0.29, 0.717) is 47.7 Å². The Balaban J connectivity index is 2.23. The van der Waals surface area contributed by atoms with Crippen molar-refractivity contribution in [2.75, 3.05) is 19.0 Å². The van der Waals surface area contributed by atoms with Crippen LogP contribution in [0, 0.1) is 0 Å². The molecule has 1 rings (SSSR count). The van der Waals surface area contributed by atoms with Crippen LogP contribution in [0.2, 0.25) is 10.0 Å². The summed E-state index contributed by atoms with van der Waals surface area (Å²) in [5.41, 5.74) is 0. The van der Waals surface area contributed by atoms with E-state index < -0.39 is 0 Å². The first-order valence-electron chi connectivity index (χ1n) is 5.54. The number of carbonyl (C=O) groups is 1. The van der Waals surface area contributed by atoms with Gasteiger partial charge in [-0.2, -0.15) is 0 Å². The molecule has 1 aromatic carbocycles. The van der Waals surface area contributed by atoms with Crippen LogP contribution in [-0.4, -0.2) is 24.9 Å². The molecule has 0 aliphatic carbocycles. The molecule has 1 N–H and O–H groups in total. The molecular formula is C12H14Cl3NO2. The Morgan fingerprint density at radius 3 is 2.78 bits per heavy atom. The van der Waals surface area contributed by atoms with Crippen molar-refractivity contribution in [1.29, 1.82) is 0 Å². The minimum Gasteiger partial charge on any atom is -0.490 e. The van der Waals surface area contributed by atoms with E-state index in [-0.39, 0.29) is 5.91 Å². The summed E-state index contributed by atoms with van der Waals surface area (Å²) < 4.78 is 5.42. The van der Waals surface area contributed by atoms with E-state index in [1.807, 2.05) is 0 Å². The quantitative estimate of drug-likeness (QED) is 0.618. The molecule has 0 radical (unpaired) electrons. The molecule has 0 bridgehead atoms. The summed E-state index contributed by atoms with van der Waals surface area (Å²) in [6, 6.07) is 5.00. The van der Waals surface area contributed by atoms with E-state index in [4.69, 9.17) is 39.5 Å². The van der Waals surface area contributed by atoms with Gasteiger partial charge in [0.2, 0.25) is 5.91 Å². The molecule has 0 aliphatic rings. The third-order valence-electron chi connectivity index (χ3n) is 2.11. The lowest BCUT2D eigenvalue weighted by atomic mass is 10.3. The molecule has 0 saturated carbocycles. The summed E-state index contributed by atoms with van der Waals surface area (Å²) in [6.45, 7) is 0.786. The topological polar surface area (TPSA) is 38.3 Å². The lowest BCUT2D eigenvalue weighted by Crippen LogP contribution is -2.27. The van der Waals surface area contributed by atoms with Crippen LogP contribution in [0.1, 0.15) is 12.8 Å². The van der Waals surface area contributed by atoms with E-state index in [9.17, 15) is 4.79 Å². The zero-order chi connectivity index (χ0) is 13.4. The molecule has 0 spiro atoms. The maximum absolute atomic E-state index is 11.3. The number of alkyl halides is 1. The van der Waals surface area contributed by atoms with Crippen LogP contribution in [0.5, 0.6) is 5.75 Å². The molecule has 6 heteroatoms. The van der Waals surface area contributed by atoms with Crippen LogP contribution in [0.4, 0.5) is 0 Å². The second-order valence-corrected chi connectivity index (χ2v) is 4.79. The van der Waals surface area contributed by atoms with E-state index in [1.54, 1.807) is 18.2 Å². The molecule has 0 unspecified atom stereocenters. The average molecular weight is 311 g/mol. The van der Waals surface area contributed by atoms with Crippen molar-refractivity contribution >= 4 is 40.7 Å². The van der Waals surface area contributed by atoms with E-state index in [0.717, 1.165) is 0 Å². The molecule has 0 atom stereocenters. The highest BCUT2D eigenvalue weighted by atomic mass is 35.5. The first kappa shape index (κ1) is 15.4. The van der Waals surface area contributed by atoms with Gasteiger partial charge >= 0.3 is 0 Å². The number of hydrogen-bond donors (Lipinski definition) is 1. The molecule has 1 aromatic rings. The Kier molecular flexibility index (Phi) is 7.25. The summed E-state index contributed by atoms with van der Waals surface area (Å²) in [5.74, 6) is 1.02. The normalized spacial score (nSPS) is 10.2. The molecule has 0 heterocycles. The van der Waals surface area contributed by atoms with Crippen molar-refractivity contribution in [2.24, 2.45) is 0 Å². The Morgan fingerprint density at radius 2 is 2.11 bits per heavy atom. The first-order valence-corrected chi connectivity index (χ1v) is 6.83. The number of halogens is 3. The van der Waals surface area contributed by atoms with E-state index in [1.165, 1.54) is 0 Å². The van der Waals surface area contributed by atoms with Crippen LogP contribution in [0.25, 0.3) is 0 Å². The number of ether oxygens (including phenoxy) is 1. The second-order valence-electron chi connectivity index (χ2n) is 3.57. The minimum atomic E-state index is -0.0264. The monoisotopic (exact) mass is 309 g/mol. The van der Waals surface area contributed by atoms with Crippen LogP contribution in [0.15, 0.2) is 18.2 Å². The van der Waals surface area contributed by atoms with Gasteiger partial charge < -0.3 is 10.1 Å². The number of amides is 1. The maximum atomic E-state index is 11.3. The van der Waals surface area contributed by atoms with Crippen LogP contribution in [0.3, 0.4) is 0 Å². The van der Waals surface area contributed by atoms with Gasteiger partial charge in [0.05, 0.1) is 11.6 Å². The Morgan fingerprint density at radius 1 is 1.33 bits per heavy atom. The van der Waals surface area contributed by atoms with Crippen molar-refractivity contribution in [3.63, 3.8) is 0 Å². The number of nitrogens with one attached hydrogen (secondary N) is 1. The fourth-order valence-electron chi connectivity index (χ4n) is 1.26. The van der Waals surface area contributed by atoms with Crippen LogP contribution in [-0.2, 0) is 4.79 Å². The van der Waals surface area contributed by atoms with E-state index >= 15 is 0 Å². The smallest absolute Gasteiger partial charge is 0.220 e. The van der Waals surface area contributed by atoms with Crippen LogP contribution < -0.4 is 10.1 Å². The molecule has 1 amide bonds. The maximum Gasteiger partial charge on any atom is 0.220 e. The van der Waals surface area contributed by atoms with Crippen molar-refractivity contribution in [3.8, 4) is 5.75 Å². The number of hydrogen-bond acceptors (Lipinski definition) is 2. The summed E-state index contributed by atoms with van der Waals surface area (Å²) >= 11 is 17.2. The van der Waals surface area contributed by atoms with Crippen molar-refractivity contribution in [3.05, 3.63) is 28.2 Å². The number of rotatable bonds is 7. The Labute approximate surface area is 121 Å². The summed E-state index contributed by atoms with van der Waals surface area (Å²) in [5, 5.41) is 3.74. The van der Waals surface area contributed by atoms with Gasteiger partial charge in [-0.05, 0) is 24.6 Å². The standard InChI is InChI=1S/C12H14Cl3NO2/c13-5-1-2-12(17)16-6-7-18-11-4-3-9(14)8-10(11)15/h3-4,8H,1-2,5-7H2,(H,16,17). The van der Waals surface area contributed by atoms with Gasteiger partial charge in [-0.25, -0.2) is 0 Å². The molecule has 0 saturated heterocycles. The summed E-state index contributed by atoms with van der Waals surface area (Å²) in [7, 11) is 0. The van der Waals surface area contributed by atoms with Gasteiger partial charge in [-0.3, -0.25) is 4.79 Å². The Hall–Kier alpha value is -0.640. The average Bonchev–Trinajstić information content (AvgIpc) is 2.34. The Bertz CT molecular complexity index is 399. The minimum absolute atomic E-state index is 0.0264. The van der Waals surface area contributed by atoms with Gasteiger partial charge in [0.1, 0.15) is 12.4 Å². The van der Waals surface area contributed by atoms with Gasteiger partial charge in [-0.15, -0.1) is 11.6 Å². The van der Waals surface area contributed by atoms with Gasteiger partial charge in [-0.1, -0.05) is 23.2 Å². The molecule has 0 fully saturated rings. The van der Waals surface area contributed by atoms with Crippen molar-refractivity contribution in [2.45, 2.75) is 12.8 Å². The second kappa shape index (κ2) is 8.46. The molecule has 100 valence electrons. The van der Waals surface area contributed by atoms with E-state index in [2.05, 4.69) is 5.32 Å². The number of carbonyl (C=O) groups excluding carboxylic acids is 1. The fourth-order valence-corrected chi connectivity index (χ4v) is 1.86. The van der Waals surface area contributed by atoms with Crippen LogP contribution >= 0.6 is 34.8 Å². The highest BCUT2D eigenvalue weighted by molar-refractivity contribution is 6.35. The fraction of sp³-hybridized carbons (Fsp3) is 0.417. The van der Waals surface area contributed by atoms with Gasteiger partial charge in [0.25, 0.3) is 0 Å². The zero-order valence-electron chi connectivity index (χ0n) is 9.72. The van der Waals surface area contributed by atoms with Gasteiger partial charge in [0.15, 0.2) is 0 Å². The lowest BCUT2D eigenvalue weighted by Gasteiger charge is -2.09. The molecule has 3 nitrogen and oxygen atoms in total. The third-order valence-corrected chi connectivity index (χ3v) is 2.91. The highest BCUT2D eigenvalue weighted by Crippen LogP contribution is 2.27. The molecular weight excluding hydrogens is 296 g/mol. The molecule has 0 aliphatic heterocycles. The predicted octanol–water partition coefficient (Wildman–Crippen LogP) is 3.51. The third kappa shape index (κ3) is 5.80. The largest absolute Gasteiger partial charge is 0.490 e. The highest BCUT2D eigenvalue weighted by Gasteiger charge is 2.03. The molecule has 18 heavy (non-hydrogen) atoms. The molecule has 0 aromatic heterocycles.